The molecule has 0 saturated carbocycles. The van der Waals surface area contributed by atoms with Crippen molar-refractivity contribution in [2.75, 3.05) is 33.0 Å². The largest absolute Gasteiger partial charge is 0.379 e. The molecule has 108 valence electrons. The lowest BCUT2D eigenvalue weighted by atomic mass is 10.1. The molecule has 0 heterocycles. The van der Waals surface area contributed by atoms with Gasteiger partial charge in [0.05, 0.1) is 19.8 Å². The highest BCUT2D eigenvalue weighted by molar-refractivity contribution is 5.75. The zero-order chi connectivity index (χ0) is 13.8. The Balaban J connectivity index is 3.14. The van der Waals surface area contributed by atoms with Gasteiger partial charge in [-0.25, -0.2) is 0 Å². The molecular weight excluding hydrogens is 230 g/mol. The number of rotatable bonds is 11. The number of ether oxygens (including phenoxy) is 2. The first-order chi connectivity index (χ1) is 8.52. The molecule has 0 fully saturated rings. The Morgan fingerprint density at radius 3 is 2.11 bits per heavy atom. The standard InChI is InChI=1S/C14H29NO3/c1-12(2)5-7-17-9-10-18-8-6-15-14(16)11-13(3)4/h12-13H,5-11H2,1-4H3,(H,15,16). The molecule has 0 aliphatic rings. The summed E-state index contributed by atoms with van der Waals surface area (Å²) < 4.78 is 10.8. The highest BCUT2D eigenvalue weighted by Crippen LogP contribution is 1.98. The number of carbonyl (C=O) groups excluding carboxylic acids is 1. The molecule has 1 N–H and O–H groups in total. The monoisotopic (exact) mass is 259 g/mol. The summed E-state index contributed by atoms with van der Waals surface area (Å²) >= 11 is 0. The minimum Gasteiger partial charge on any atom is -0.379 e. The average molecular weight is 259 g/mol. The molecule has 0 aromatic rings. The summed E-state index contributed by atoms with van der Waals surface area (Å²) in [6.07, 6.45) is 1.67. The lowest BCUT2D eigenvalue weighted by molar-refractivity contribution is -0.122. The highest BCUT2D eigenvalue weighted by Gasteiger charge is 2.03. The van der Waals surface area contributed by atoms with Gasteiger partial charge in [-0.3, -0.25) is 4.79 Å². The summed E-state index contributed by atoms with van der Waals surface area (Å²) in [5.41, 5.74) is 0. The van der Waals surface area contributed by atoms with Crippen molar-refractivity contribution in [3.63, 3.8) is 0 Å². The molecule has 4 nitrogen and oxygen atoms in total. The Hall–Kier alpha value is -0.610. The van der Waals surface area contributed by atoms with Crippen LogP contribution in [-0.2, 0) is 14.3 Å². The molecule has 0 spiro atoms. The van der Waals surface area contributed by atoms with Gasteiger partial charge in [0.15, 0.2) is 0 Å². The fourth-order valence-corrected chi connectivity index (χ4v) is 1.35. The molecule has 0 aromatic carbocycles. The summed E-state index contributed by atoms with van der Waals surface area (Å²) in [6.45, 7) is 11.6. The van der Waals surface area contributed by atoms with Gasteiger partial charge in [-0.1, -0.05) is 27.7 Å². The predicted molar refractivity (Wildman–Crippen MR) is 73.6 cm³/mol. The Morgan fingerprint density at radius 1 is 0.944 bits per heavy atom. The van der Waals surface area contributed by atoms with Gasteiger partial charge in [0.2, 0.25) is 5.91 Å². The summed E-state index contributed by atoms with van der Waals surface area (Å²) in [7, 11) is 0. The summed E-state index contributed by atoms with van der Waals surface area (Å²) in [6, 6.07) is 0. The average Bonchev–Trinajstić information content (AvgIpc) is 2.25. The smallest absolute Gasteiger partial charge is 0.220 e. The SMILES string of the molecule is CC(C)CCOCCOCCNC(=O)CC(C)C. The lowest BCUT2D eigenvalue weighted by Gasteiger charge is -2.09. The third kappa shape index (κ3) is 13.5. The minimum absolute atomic E-state index is 0.0989. The fraction of sp³-hybridized carbons (Fsp3) is 0.929. The van der Waals surface area contributed by atoms with Gasteiger partial charge < -0.3 is 14.8 Å². The summed E-state index contributed by atoms with van der Waals surface area (Å²) in [4.78, 5) is 11.3. The quantitative estimate of drug-likeness (QED) is 0.579. The van der Waals surface area contributed by atoms with Crippen molar-refractivity contribution in [3.05, 3.63) is 0 Å². The van der Waals surface area contributed by atoms with Crippen molar-refractivity contribution in [2.24, 2.45) is 11.8 Å². The van der Waals surface area contributed by atoms with E-state index in [2.05, 4.69) is 19.2 Å². The van der Waals surface area contributed by atoms with Crippen molar-refractivity contribution < 1.29 is 14.3 Å². The summed E-state index contributed by atoms with van der Waals surface area (Å²) in [5.74, 6) is 1.18. The van der Waals surface area contributed by atoms with Gasteiger partial charge in [0, 0.05) is 19.6 Å². The number of hydrogen-bond acceptors (Lipinski definition) is 3. The number of carbonyl (C=O) groups is 1. The van der Waals surface area contributed by atoms with Crippen LogP contribution in [-0.4, -0.2) is 38.9 Å². The van der Waals surface area contributed by atoms with E-state index in [0.717, 1.165) is 13.0 Å². The molecule has 0 unspecified atom stereocenters. The van der Waals surface area contributed by atoms with E-state index in [4.69, 9.17) is 9.47 Å². The van der Waals surface area contributed by atoms with Crippen LogP contribution in [0.3, 0.4) is 0 Å². The summed E-state index contributed by atoms with van der Waals surface area (Å²) in [5, 5.41) is 2.83. The maximum Gasteiger partial charge on any atom is 0.220 e. The lowest BCUT2D eigenvalue weighted by Crippen LogP contribution is -2.28. The van der Waals surface area contributed by atoms with E-state index in [-0.39, 0.29) is 5.91 Å². The second-order valence-corrected chi connectivity index (χ2v) is 5.36. The van der Waals surface area contributed by atoms with Gasteiger partial charge in [0.1, 0.15) is 0 Å². The number of nitrogens with one attached hydrogen (secondary N) is 1. The van der Waals surface area contributed by atoms with Gasteiger partial charge >= 0.3 is 0 Å². The Labute approximate surface area is 111 Å². The van der Waals surface area contributed by atoms with Crippen LogP contribution < -0.4 is 5.32 Å². The van der Waals surface area contributed by atoms with Crippen LogP contribution in [0.4, 0.5) is 0 Å². The third-order valence-corrected chi connectivity index (χ3v) is 2.37. The minimum atomic E-state index is 0.0989. The molecule has 1 amide bonds. The van der Waals surface area contributed by atoms with Crippen LogP contribution in [0.1, 0.15) is 40.5 Å². The fourth-order valence-electron chi connectivity index (χ4n) is 1.35. The zero-order valence-corrected chi connectivity index (χ0v) is 12.3. The van der Waals surface area contributed by atoms with Gasteiger partial charge in [-0.15, -0.1) is 0 Å². The normalized spacial score (nSPS) is 11.2. The Kier molecular flexibility index (Phi) is 11.1. The molecule has 0 radical (unpaired) electrons. The zero-order valence-electron chi connectivity index (χ0n) is 12.3. The topological polar surface area (TPSA) is 47.6 Å². The molecule has 4 heteroatoms. The number of hydrogen-bond donors (Lipinski definition) is 1. The first kappa shape index (κ1) is 17.4. The molecule has 18 heavy (non-hydrogen) atoms. The molecule has 0 aromatic heterocycles. The first-order valence-corrected chi connectivity index (χ1v) is 6.94. The predicted octanol–water partition coefficient (Wildman–Crippen LogP) is 2.23. The van der Waals surface area contributed by atoms with E-state index >= 15 is 0 Å². The maximum atomic E-state index is 11.3. The maximum absolute atomic E-state index is 11.3. The van der Waals surface area contributed by atoms with Crippen molar-refractivity contribution in [1.29, 1.82) is 0 Å². The van der Waals surface area contributed by atoms with Gasteiger partial charge in [-0.2, -0.15) is 0 Å². The molecule has 0 aliphatic carbocycles. The van der Waals surface area contributed by atoms with Crippen molar-refractivity contribution in [3.8, 4) is 0 Å². The first-order valence-electron chi connectivity index (χ1n) is 6.94. The van der Waals surface area contributed by atoms with Crippen LogP contribution in [0.25, 0.3) is 0 Å². The van der Waals surface area contributed by atoms with Crippen LogP contribution >= 0.6 is 0 Å². The van der Waals surface area contributed by atoms with E-state index in [9.17, 15) is 4.79 Å². The van der Waals surface area contributed by atoms with E-state index < -0.39 is 0 Å². The van der Waals surface area contributed by atoms with Crippen LogP contribution in [0, 0.1) is 11.8 Å². The Morgan fingerprint density at radius 2 is 1.56 bits per heavy atom. The molecule has 0 atom stereocenters. The Bertz CT molecular complexity index is 205. The van der Waals surface area contributed by atoms with E-state index in [1.54, 1.807) is 0 Å². The number of amides is 1. The molecular formula is C14H29NO3. The van der Waals surface area contributed by atoms with Crippen molar-refractivity contribution in [1.82, 2.24) is 5.32 Å². The molecule has 0 bridgehead atoms. The van der Waals surface area contributed by atoms with Crippen LogP contribution in [0.2, 0.25) is 0 Å². The van der Waals surface area contributed by atoms with Crippen molar-refractivity contribution in [2.45, 2.75) is 40.5 Å². The van der Waals surface area contributed by atoms with Crippen molar-refractivity contribution >= 4 is 5.91 Å². The second-order valence-electron chi connectivity index (χ2n) is 5.36. The molecule has 0 saturated heterocycles. The third-order valence-electron chi connectivity index (χ3n) is 2.37. The van der Waals surface area contributed by atoms with Crippen LogP contribution in [0.15, 0.2) is 0 Å². The molecule has 0 rings (SSSR count). The molecule has 0 aliphatic heterocycles. The van der Waals surface area contributed by atoms with Gasteiger partial charge in [-0.05, 0) is 18.3 Å². The highest BCUT2D eigenvalue weighted by atomic mass is 16.5. The van der Waals surface area contributed by atoms with E-state index in [0.29, 0.717) is 44.6 Å². The van der Waals surface area contributed by atoms with E-state index in [1.807, 2.05) is 13.8 Å². The van der Waals surface area contributed by atoms with Crippen LogP contribution in [0.5, 0.6) is 0 Å². The second kappa shape index (κ2) is 11.5. The van der Waals surface area contributed by atoms with E-state index in [1.165, 1.54) is 0 Å². The van der Waals surface area contributed by atoms with Gasteiger partial charge in [0.25, 0.3) is 0 Å².